The van der Waals surface area contributed by atoms with Gasteiger partial charge in [-0.05, 0) is 0 Å². The smallest absolute Gasteiger partial charge is 0.186 e. The Morgan fingerprint density at radius 3 is 2.65 bits per heavy atom. The molecular weight excluding hydrogens is 306 g/mol. The van der Waals surface area contributed by atoms with Crippen LogP contribution in [0.15, 0.2) is 25.3 Å². The van der Waals surface area contributed by atoms with Crippen molar-refractivity contribution in [3.05, 3.63) is 25.3 Å². The maximum Gasteiger partial charge on any atom is 0.186 e. The van der Waals surface area contributed by atoms with Gasteiger partial charge < -0.3 is 20.1 Å². The Morgan fingerprint density at radius 1 is 1.09 bits per heavy atom. The average molecular weight is 319 g/mol. The molecule has 1 saturated heterocycles. The van der Waals surface area contributed by atoms with Crippen LogP contribution in [0.1, 0.15) is 6.23 Å². The Hall–Kier alpha value is -2.47. The molecule has 4 heterocycles. The topological polar surface area (TPSA) is 144 Å². The highest BCUT2D eigenvalue weighted by Crippen LogP contribution is 2.31. The molecule has 1 unspecified atom stereocenters. The lowest BCUT2D eigenvalue weighted by Crippen LogP contribution is -2.33. The molecule has 0 aromatic carbocycles. The van der Waals surface area contributed by atoms with Crippen molar-refractivity contribution in [2.45, 2.75) is 24.5 Å². The molecule has 0 amide bonds. The number of hydrogen-bond acceptors (Lipinski definition) is 9. The molecule has 120 valence electrons. The predicted molar refractivity (Wildman–Crippen MR) is 73.2 cm³/mol. The molecular formula is C12H13N7O4. The number of aliphatic hydroxyl groups is 3. The normalized spacial score (nSPS) is 27.8. The molecule has 1 fully saturated rings. The quantitative estimate of drug-likeness (QED) is 0.500. The van der Waals surface area contributed by atoms with Crippen molar-refractivity contribution in [1.29, 1.82) is 0 Å². The Kier molecular flexibility index (Phi) is 3.27. The SMILES string of the molecule is OC[C@H]1OC(n2cnc3c(-n4cncn4)ncnc32)[C@H](O)[C@@H]1O. The molecule has 4 atom stereocenters. The molecule has 11 nitrogen and oxygen atoms in total. The van der Waals surface area contributed by atoms with Crippen molar-refractivity contribution < 1.29 is 20.1 Å². The molecule has 23 heavy (non-hydrogen) atoms. The largest absolute Gasteiger partial charge is 0.394 e. The maximum atomic E-state index is 10.1. The summed E-state index contributed by atoms with van der Waals surface area (Å²) in [5, 5.41) is 33.2. The predicted octanol–water partition coefficient (Wildman–Crippen LogP) is -1.98. The van der Waals surface area contributed by atoms with E-state index in [0.29, 0.717) is 17.0 Å². The fourth-order valence-corrected chi connectivity index (χ4v) is 2.62. The fourth-order valence-electron chi connectivity index (χ4n) is 2.62. The molecule has 0 bridgehead atoms. The Labute approximate surface area is 128 Å². The number of aliphatic hydroxyl groups excluding tert-OH is 3. The first-order valence-electron chi connectivity index (χ1n) is 6.85. The summed E-state index contributed by atoms with van der Waals surface area (Å²) in [6.45, 7) is -0.402. The van der Waals surface area contributed by atoms with Gasteiger partial charge in [0.15, 0.2) is 23.2 Å². The second-order valence-electron chi connectivity index (χ2n) is 5.09. The standard InChI is InChI=1S/C12H13N7O4/c20-1-6-8(21)9(22)12(23-6)18-5-16-7-10(18)14-3-15-11(7)19-4-13-2-17-19/h2-6,8-9,12,20-22H,1H2/t6-,8-,9-,12?/m1/s1. The summed E-state index contributed by atoms with van der Waals surface area (Å²) in [4.78, 5) is 16.4. The first-order valence-corrected chi connectivity index (χ1v) is 6.85. The molecule has 4 rings (SSSR count). The van der Waals surface area contributed by atoms with Crippen LogP contribution in [0, 0.1) is 0 Å². The summed E-state index contributed by atoms with van der Waals surface area (Å²) in [6.07, 6.45) is 1.42. The van der Waals surface area contributed by atoms with Crippen molar-refractivity contribution in [3.63, 3.8) is 0 Å². The van der Waals surface area contributed by atoms with E-state index in [-0.39, 0.29) is 0 Å². The van der Waals surface area contributed by atoms with E-state index < -0.39 is 31.1 Å². The van der Waals surface area contributed by atoms with Crippen molar-refractivity contribution in [1.82, 2.24) is 34.3 Å². The number of rotatable bonds is 3. The Morgan fingerprint density at radius 2 is 1.96 bits per heavy atom. The zero-order chi connectivity index (χ0) is 16.0. The van der Waals surface area contributed by atoms with Crippen LogP contribution in [0.4, 0.5) is 0 Å². The molecule has 3 aromatic rings. The van der Waals surface area contributed by atoms with Crippen LogP contribution in [0.2, 0.25) is 0 Å². The molecule has 0 spiro atoms. The zero-order valence-electron chi connectivity index (χ0n) is 11.7. The minimum Gasteiger partial charge on any atom is -0.394 e. The summed E-state index contributed by atoms with van der Waals surface area (Å²) >= 11 is 0. The van der Waals surface area contributed by atoms with Gasteiger partial charge in [0.05, 0.1) is 12.9 Å². The molecule has 3 N–H and O–H groups in total. The third kappa shape index (κ3) is 2.09. The second kappa shape index (κ2) is 5.31. The monoisotopic (exact) mass is 319 g/mol. The van der Waals surface area contributed by atoms with Crippen molar-refractivity contribution in [2.75, 3.05) is 6.61 Å². The van der Waals surface area contributed by atoms with Gasteiger partial charge in [-0.25, -0.2) is 24.6 Å². The average Bonchev–Trinajstić information content (AvgIpc) is 3.28. The first-order chi connectivity index (χ1) is 11.2. The highest BCUT2D eigenvalue weighted by atomic mass is 16.6. The number of ether oxygens (including phenoxy) is 1. The Bertz CT molecular complexity index is 820. The van der Waals surface area contributed by atoms with E-state index in [0.717, 1.165) is 0 Å². The lowest BCUT2D eigenvalue weighted by molar-refractivity contribution is -0.0511. The highest BCUT2D eigenvalue weighted by Gasteiger charge is 2.44. The van der Waals surface area contributed by atoms with Gasteiger partial charge in [-0.2, -0.15) is 5.10 Å². The van der Waals surface area contributed by atoms with Crippen LogP contribution in [0.5, 0.6) is 0 Å². The van der Waals surface area contributed by atoms with Crippen molar-refractivity contribution in [2.24, 2.45) is 0 Å². The third-order valence-electron chi connectivity index (χ3n) is 3.77. The van der Waals surface area contributed by atoms with Gasteiger partial charge in [-0.1, -0.05) is 0 Å². The molecule has 0 aliphatic carbocycles. The van der Waals surface area contributed by atoms with E-state index in [4.69, 9.17) is 4.74 Å². The summed E-state index contributed by atoms with van der Waals surface area (Å²) in [5.41, 5.74) is 0.844. The third-order valence-corrected chi connectivity index (χ3v) is 3.77. The fraction of sp³-hybridized carbons (Fsp3) is 0.417. The van der Waals surface area contributed by atoms with Gasteiger partial charge in [-0.3, -0.25) is 4.57 Å². The first kappa shape index (κ1) is 14.1. The summed E-state index contributed by atoms with van der Waals surface area (Å²) < 4.78 is 8.43. The summed E-state index contributed by atoms with van der Waals surface area (Å²) in [5.74, 6) is 0.429. The molecule has 11 heteroatoms. The van der Waals surface area contributed by atoms with E-state index in [9.17, 15) is 15.3 Å². The van der Waals surface area contributed by atoms with Crippen molar-refractivity contribution >= 4 is 11.2 Å². The van der Waals surface area contributed by atoms with E-state index in [1.54, 1.807) is 0 Å². The minimum atomic E-state index is -1.21. The number of fused-ring (bicyclic) bond motifs is 1. The van der Waals surface area contributed by atoms with Gasteiger partial charge in [0.25, 0.3) is 0 Å². The van der Waals surface area contributed by atoms with Crippen LogP contribution in [-0.4, -0.2) is 74.5 Å². The minimum absolute atomic E-state index is 0.402. The van der Waals surface area contributed by atoms with Gasteiger partial charge in [0.1, 0.15) is 37.3 Å². The van der Waals surface area contributed by atoms with E-state index in [1.165, 1.54) is 34.6 Å². The molecule has 3 aromatic heterocycles. The number of imidazole rings is 1. The van der Waals surface area contributed by atoms with E-state index in [2.05, 4.69) is 25.0 Å². The lowest BCUT2D eigenvalue weighted by atomic mass is 10.1. The highest BCUT2D eigenvalue weighted by molar-refractivity contribution is 5.78. The maximum absolute atomic E-state index is 10.1. The lowest BCUT2D eigenvalue weighted by Gasteiger charge is -2.16. The van der Waals surface area contributed by atoms with Crippen molar-refractivity contribution in [3.8, 4) is 5.82 Å². The van der Waals surface area contributed by atoms with Gasteiger partial charge in [0, 0.05) is 0 Å². The number of aromatic nitrogens is 7. The van der Waals surface area contributed by atoms with Crippen LogP contribution in [0.25, 0.3) is 17.0 Å². The molecule has 0 saturated carbocycles. The van der Waals surface area contributed by atoms with Gasteiger partial charge in [0.2, 0.25) is 0 Å². The second-order valence-corrected chi connectivity index (χ2v) is 5.09. The van der Waals surface area contributed by atoms with Crippen LogP contribution in [-0.2, 0) is 4.74 Å². The number of hydrogen-bond donors (Lipinski definition) is 3. The van der Waals surface area contributed by atoms with Gasteiger partial charge in [-0.15, -0.1) is 0 Å². The summed E-state index contributed by atoms with van der Waals surface area (Å²) in [7, 11) is 0. The van der Waals surface area contributed by atoms with Crippen LogP contribution in [0.3, 0.4) is 0 Å². The summed E-state index contributed by atoms with van der Waals surface area (Å²) in [6, 6.07) is 0. The van der Waals surface area contributed by atoms with Crippen LogP contribution >= 0.6 is 0 Å². The zero-order valence-corrected chi connectivity index (χ0v) is 11.7. The Balaban J connectivity index is 1.80. The van der Waals surface area contributed by atoms with E-state index in [1.807, 2.05) is 0 Å². The van der Waals surface area contributed by atoms with Crippen LogP contribution < -0.4 is 0 Å². The molecule has 0 radical (unpaired) electrons. The molecule has 1 aliphatic rings. The molecule has 1 aliphatic heterocycles. The van der Waals surface area contributed by atoms with E-state index >= 15 is 0 Å². The van der Waals surface area contributed by atoms with Gasteiger partial charge >= 0.3 is 0 Å². The number of nitrogens with zero attached hydrogens (tertiary/aromatic N) is 7.